The van der Waals surface area contributed by atoms with Crippen LogP contribution in [0.5, 0.6) is 0 Å². The third kappa shape index (κ3) is 3.52. The van der Waals surface area contributed by atoms with E-state index in [1.54, 1.807) is 19.9 Å². The molecule has 0 atom stereocenters. The molecular weight excluding hydrogens is 238 g/mol. The first kappa shape index (κ1) is 14.1. The molecule has 0 aromatic heterocycles. The Hall–Kier alpha value is -1.96. The van der Waals surface area contributed by atoms with Gasteiger partial charge in [-0.1, -0.05) is 19.9 Å². The Morgan fingerprint density at radius 3 is 2.61 bits per heavy atom. The summed E-state index contributed by atoms with van der Waals surface area (Å²) < 4.78 is 25.9. The van der Waals surface area contributed by atoms with Crippen LogP contribution in [-0.2, 0) is 10.2 Å². The van der Waals surface area contributed by atoms with Crippen LogP contribution in [0.2, 0.25) is 0 Å². The average molecular weight is 252 g/mol. The molecule has 18 heavy (non-hydrogen) atoms. The van der Waals surface area contributed by atoms with Gasteiger partial charge in [0, 0.05) is 12.0 Å². The molecular formula is C13H14F2N2O. The van der Waals surface area contributed by atoms with E-state index in [1.807, 2.05) is 0 Å². The second kappa shape index (κ2) is 5.58. The normalized spacial score (nSPS) is 10.8. The summed E-state index contributed by atoms with van der Waals surface area (Å²) >= 11 is 0. The molecule has 0 aliphatic carbocycles. The van der Waals surface area contributed by atoms with Gasteiger partial charge in [-0.3, -0.25) is 4.79 Å². The SMILES string of the molecule is CC(C)(CNC(=O)CC#N)c1ccc(F)c(F)c1. The molecule has 0 aliphatic rings. The van der Waals surface area contributed by atoms with Gasteiger partial charge in [0.25, 0.3) is 0 Å². The fourth-order valence-corrected chi connectivity index (χ4v) is 1.47. The number of carbonyl (C=O) groups excluding carboxylic acids is 1. The lowest BCUT2D eigenvalue weighted by Gasteiger charge is -2.25. The highest BCUT2D eigenvalue weighted by Crippen LogP contribution is 2.23. The number of amides is 1. The quantitative estimate of drug-likeness (QED) is 0.893. The Bertz CT molecular complexity index is 492. The van der Waals surface area contributed by atoms with Crippen molar-refractivity contribution in [3.05, 3.63) is 35.4 Å². The highest BCUT2D eigenvalue weighted by atomic mass is 19.2. The van der Waals surface area contributed by atoms with Gasteiger partial charge in [0.15, 0.2) is 11.6 Å². The Kier molecular flexibility index (Phi) is 4.38. The smallest absolute Gasteiger partial charge is 0.234 e. The van der Waals surface area contributed by atoms with Crippen LogP contribution >= 0.6 is 0 Å². The molecule has 1 aromatic rings. The second-order valence-electron chi connectivity index (χ2n) is 4.62. The molecule has 0 radical (unpaired) electrons. The highest BCUT2D eigenvalue weighted by Gasteiger charge is 2.22. The molecule has 0 saturated carbocycles. The number of benzene rings is 1. The molecule has 96 valence electrons. The van der Waals surface area contributed by atoms with Crippen molar-refractivity contribution in [1.82, 2.24) is 5.32 Å². The van der Waals surface area contributed by atoms with E-state index < -0.39 is 17.0 Å². The number of nitriles is 1. The minimum absolute atomic E-state index is 0.214. The van der Waals surface area contributed by atoms with Crippen molar-refractivity contribution in [3.8, 4) is 6.07 Å². The van der Waals surface area contributed by atoms with E-state index in [-0.39, 0.29) is 18.9 Å². The molecule has 0 spiro atoms. The maximum Gasteiger partial charge on any atom is 0.234 e. The zero-order chi connectivity index (χ0) is 13.8. The summed E-state index contributed by atoms with van der Waals surface area (Å²) in [5, 5.41) is 10.9. The molecule has 3 nitrogen and oxygen atoms in total. The van der Waals surface area contributed by atoms with Gasteiger partial charge in [-0.05, 0) is 17.7 Å². The summed E-state index contributed by atoms with van der Waals surface area (Å²) in [6, 6.07) is 5.40. The fourth-order valence-electron chi connectivity index (χ4n) is 1.47. The van der Waals surface area contributed by atoms with E-state index in [0.717, 1.165) is 12.1 Å². The van der Waals surface area contributed by atoms with Gasteiger partial charge in [-0.2, -0.15) is 5.26 Å². The van der Waals surface area contributed by atoms with Crippen molar-refractivity contribution >= 4 is 5.91 Å². The maximum absolute atomic E-state index is 13.1. The first-order chi connectivity index (χ1) is 8.36. The number of halogens is 2. The number of hydrogen-bond donors (Lipinski definition) is 1. The van der Waals surface area contributed by atoms with Crippen LogP contribution in [0.15, 0.2) is 18.2 Å². The molecule has 1 aromatic carbocycles. The van der Waals surface area contributed by atoms with E-state index >= 15 is 0 Å². The zero-order valence-electron chi connectivity index (χ0n) is 10.3. The number of carbonyl (C=O) groups is 1. The van der Waals surface area contributed by atoms with Gasteiger partial charge in [-0.15, -0.1) is 0 Å². The average Bonchev–Trinajstić information content (AvgIpc) is 2.30. The number of hydrogen-bond acceptors (Lipinski definition) is 2. The van der Waals surface area contributed by atoms with Crippen LogP contribution in [0.4, 0.5) is 8.78 Å². The monoisotopic (exact) mass is 252 g/mol. The van der Waals surface area contributed by atoms with Crippen molar-refractivity contribution in [1.29, 1.82) is 5.26 Å². The number of rotatable bonds is 4. The third-order valence-corrected chi connectivity index (χ3v) is 2.67. The molecule has 0 bridgehead atoms. The van der Waals surface area contributed by atoms with Crippen LogP contribution in [0, 0.1) is 23.0 Å². The Morgan fingerprint density at radius 1 is 1.39 bits per heavy atom. The molecule has 0 heterocycles. The Morgan fingerprint density at radius 2 is 2.06 bits per heavy atom. The van der Waals surface area contributed by atoms with Crippen molar-refractivity contribution in [2.75, 3.05) is 6.54 Å². The van der Waals surface area contributed by atoms with Crippen molar-refractivity contribution in [2.45, 2.75) is 25.7 Å². The van der Waals surface area contributed by atoms with Crippen LogP contribution in [0.1, 0.15) is 25.8 Å². The molecule has 0 saturated heterocycles. The standard InChI is InChI=1S/C13H14F2N2O/c1-13(2,8-17-12(18)5-6-16)9-3-4-10(14)11(15)7-9/h3-4,7H,5,8H2,1-2H3,(H,17,18). The van der Waals surface area contributed by atoms with E-state index in [4.69, 9.17) is 5.26 Å². The first-order valence-electron chi connectivity index (χ1n) is 5.46. The molecule has 5 heteroatoms. The lowest BCUT2D eigenvalue weighted by atomic mass is 9.84. The predicted octanol–water partition coefficient (Wildman–Crippen LogP) is 2.27. The molecule has 1 amide bonds. The fraction of sp³-hybridized carbons (Fsp3) is 0.385. The minimum atomic E-state index is -0.913. The number of nitrogens with zero attached hydrogens (tertiary/aromatic N) is 1. The number of nitrogens with one attached hydrogen (secondary N) is 1. The third-order valence-electron chi connectivity index (χ3n) is 2.67. The summed E-state index contributed by atoms with van der Waals surface area (Å²) in [6.07, 6.45) is -0.214. The van der Waals surface area contributed by atoms with Gasteiger partial charge >= 0.3 is 0 Å². The molecule has 1 N–H and O–H groups in total. The van der Waals surface area contributed by atoms with Crippen LogP contribution in [0.25, 0.3) is 0 Å². The molecule has 0 aliphatic heterocycles. The largest absolute Gasteiger partial charge is 0.354 e. The van der Waals surface area contributed by atoms with Crippen molar-refractivity contribution < 1.29 is 13.6 Å². The summed E-state index contributed by atoms with van der Waals surface area (Å²) in [5.74, 6) is -2.19. The Labute approximate surface area is 104 Å². The van der Waals surface area contributed by atoms with Gasteiger partial charge < -0.3 is 5.32 Å². The van der Waals surface area contributed by atoms with Crippen LogP contribution in [-0.4, -0.2) is 12.5 Å². The molecule has 1 rings (SSSR count). The van der Waals surface area contributed by atoms with Gasteiger partial charge in [0.05, 0.1) is 6.07 Å². The summed E-state index contributed by atoms with van der Waals surface area (Å²) in [6.45, 7) is 3.84. The Balaban J connectivity index is 2.76. The van der Waals surface area contributed by atoms with E-state index in [9.17, 15) is 13.6 Å². The highest BCUT2D eigenvalue weighted by molar-refractivity contribution is 5.78. The van der Waals surface area contributed by atoms with Crippen LogP contribution in [0.3, 0.4) is 0 Å². The summed E-state index contributed by atoms with van der Waals surface area (Å²) in [7, 11) is 0. The zero-order valence-corrected chi connectivity index (χ0v) is 10.3. The first-order valence-corrected chi connectivity index (χ1v) is 5.46. The maximum atomic E-state index is 13.1. The van der Waals surface area contributed by atoms with Gasteiger partial charge in [0.2, 0.25) is 5.91 Å². The lowest BCUT2D eigenvalue weighted by Crippen LogP contribution is -2.36. The van der Waals surface area contributed by atoms with Gasteiger partial charge in [-0.25, -0.2) is 8.78 Å². The lowest BCUT2D eigenvalue weighted by molar-refractivity contribution is -0.120. The van der Waals surface area contributed by atoms with Crippen molar-refractivity contribution in [3.63, 3.8) is 0 Å². The molecule has 0 unspecified atom stereocenters. The molecule has 0 fully saturated rings. The minimum Gasteiger partial charge on any atom is -0.354 e. The second-order valence-corrected chi connectivity index (χ2v) is 4.62. The predicted molar refractivity (Wildman–Crippen MR) is 62.6 cm³/mol. The summed E-state index contributed by atoms with van der Waals surface area (Å²) in [5.41, 5.74) is 0.0401. The topological polar surface area (TPSA) is 52.9 Å². The van der Waals surface area contributed by atoms with E-state index in [2.05, 4.69) is 5.32 Å². The van der Waals surface area contributed by atoms with E-state index in [0.29, 0.717) is 5.56 Å². The summed E-state index contributed by atoms with van der Waals surface area (Å²) in [4.78, 5) is 11.2. The van der Waals surface area contributed by atoms with Crippen molar-refractivity contribution in [2.24, 2.45) is 0 Å². The van der Waals surface area contributed by atoms with Crippen LogP contribution < -0.4 is 5.32 Å². The van der Waals surface area contributed by atoms with Gasteiger partial charge in [0.1, 0.15) is 6.42 Å². The van der Waals surface area contributed by atoms with E-state index in [1.165, 1.54) is 6.07 Å².